The van der Waals surface area contributed by atoms with Crippen molar-refractivity contribution >= 4 is 65.6 Å². The molecule has 0 spiro atoms. The van der Waals surface area contributed by atoms with Crippen LogP contribution in [0.1, 0.15) is 17.9 Å². The predicted molar refractivity (Wildman–Crippen MR) is 239 cm³/mol. The first-order valence-electron chi connectivity index (χ1n) is 19.8. The fourth-order valence-corrected chi connectivity index (χ4v) is 9.37. The molecule has 57 heavy (non-hydrogen) atoms. The third-order valence-corrected chi connectivity index (χ3v) is 12.0. The lowest BCUT2D eigenvalue weighted by Crippen LogP contribution is -1.99. The molecule has 3 nitrogen and oxygen atoms in total. The van der Waals surface area contributed by atoms with Gasteiger partial charge in [-0.25, -0.2) is 0 Å². The summed E-state index contributed by atoms with van der Waals surface area (Å²) in [7, 11) is 0. The van der Waals surface area contributed by atoms with Crippen molar-refractivity contribution in [3.05, 3.63) is 206 Å². The summed E-state index contributed by atoms with van der Waals surface area (Å²) in [5.41, 5.74) is 14.8. The third kappa shape index (κ3) is 4.99. The van der Waals surface area contributed by atoms with Crippen LogP contribution in [-0.4, -0.2) is 9.13 Å². The normalized spacial score (nSPS) is 14.3. The number of allylic oxidation sites excluding steroid dienone is 4. The second kappa shape index (κ2) is 12.6. The molecule has 0 saturated carbocycles. The molecule has 0 N–H and O–H groups in total. The van der Waals surface area contributed by atoms with Crippen molar-refractivity contribution in [1.29, 1.82) is 0 Å². The fraction of sp³-hybridized carbons (Fsp3) is 0.0370. The maximum atomic E-state index is 6.57. The maximum Gasteiger partial charge on any atom is 0.138 e. The second-order valence-corrected chi connectivity index (χ2v) is 15.3. The Morgan fingerprint density at radius 3 is 1.96 bits per heavy atom. The number of furan rings is 1. The standard InChI is InChI=1S/C54H36N2O/c1-3-14-35(15-4-1)37-18-13-19-41(30-37)55-47-23-10-7-20-42(47)44-28-26-39(32-50(44)55)38-27-29-49-46(31-38)43-21-8-11-24-48(43)56(49)51-33-40(36-16-5-2-6-17-36)34-53-54(51)45-22-9-12-25-52(45)57-53/h1-14,16-35H,15H2. The van der Waals surface area contributed by atoms with Gasteiger partial charge in [0.1, 0.15) is 11.2 Å². The molecule has 1 unspecified atom stereocenters. The summed E-state index contributed by atoms with van der Waals surface area (Å²) in [5, 5.41) is 7.20. The molecular weight excluding hydrogens is 693 g/mol. The number of rotatable bonds is 5. The minimum atomic E-state index is 0.386. The number of nitrogens with zero attached hydrogens (tertiary/aromatic N) is 2. The van der Waals surface area contributed by atoms with E-state index in [9.17, 15) is 0 Å². The molecule has 8 aromatic carbocycles. The van der Waals surface area contributed by atoms with Crippen molar-refractivity contribution in [3.8, 4) is 33.6 Å². The van der Waals surface area contributed by atoms with Crippen molar-refractivity contribution in [1.82, 2.24) is 9.13 Å². The Hall–Kier alpha value is -7.36. The van der Waals surface area contributed by atoms with Gasteiger partial charge in [-0.3, -0.25) is 0 Å². The van der Waals surface area contributed by atoms with Crippen LogP contribution in [0.2, 0.25) is 0 Å². The van der Waals surface area contributed by atoms with Crippen LogP contribution in [-0.2, 0) is 0 Å². The van der Waals surface area contributed by atoms with Crippen LogP contribution in [0, 0.1) is 0 Å². The lowest BCUT2D eigenvalue weighted by atomic mass is 9.92. The molecule has 3 heteroatoms. The van der Waals surface area contributed by atoms with Crippen molar-refractivity contribution in [2.24, 2.45) is 0 Å². The Kier molecular flexibility index (Phi) is 7.05. The summed E-state index contributed by atoms with van der Waals surface area (Å²) in [6.07, 6.45) is 9.92. The zero-order valence-electron chi connectivity index (χ0n) is 31.1. The molecule has 0 aliphatic heterocycles. The van der Waals surface area contributed by atoms with Gasteiger partial charge in [0.05, 0.1) is 33.1 Å². The number of para-hydroxylation sites is 3. The smallest absolute Gasteiger partial charge is 0.138 e. The van der Waals surface area contributed by atoms with E-state index in [1.165, 1.54) is 60.5 Å². The van der Waals surface area contributed by atoms with Gasteiger partial charge in [-0.05, 0) is 94.9 Å². The van der Waals surface area contributed by atoms with Crippen LogP contribution in [0.3, 0.4) is 0 Å². The van der Waals surface area contributed by atoms with E-state index < -0.39 is 0 Å². The number of aromatic nitrogens is 2. The van der Waals surface area contributed by atoms with Crippen molar-refractivity contribution in [2.75, 3.05) is 0 Å². The Morgan fingerprint density at radius 1 is 0.421 bits per heavy atom. The summed E-state index contributed by atoms with van der Waals surface area (Å²) < 4.78 is 11.5. The lowest BCUT2D eigenvalue weighted by molar-refractivity contribution is 0.669. The average molecular weight is 729 g/mol. The summed E-state index contributed by atoms with van der Waals surface area (Å²) in [5.74, 6) is 0.386. The van der Waals surface area contributed by atoms with E-state index in [0.717, 1.165) is 50.7 Å². The number of fused-ring (bicyclic) bond motifs is 9. The molecule has 0 saturated heterocycles. The third-order valence-electron chi connectivity index (χ3n) is 12.0. The van der Waals surface area contributed by atoms with E-state index in [1.807, 2.05) is 6.07 Å². The Labute approximate surface area is 329 Å². The van der Waals surface area contributed by atoms with Gasteiger partial charge in [0.15, 0.2) is 0 Å². The molecule has 0 radical (unpaired) electrons. The first kappa shape index (κ1) is 31.9. The molecule has 3 heterocycles. The maximum absolute atomic E-state index is 6.57. The zero-order valence-corrected chi connectivity index (χ0v) is 31.1. The molecule has 1 aliphatic rings. The van der Waals surface area contributed by atoms with Crippen LogP contribution < -0.4 is 0 Å². The van der Waals surface area contributed by atoms with Gasteiger partial charge in [0, 0.05) is 38.5 Å². The largest absolute Gasteiger partial charge is 0.456 e. The lowest BCUT2D eigenvalue weighted by Gasteiger charge is -2.16. The summed E-state index contributed by atoms with van der Waals surface area (Å²) in [4.78, 5) is 0. The van der Waals surface area contributed by atoms with Gasteiger partial charge in [-0.2, -0.15) is 0 Å². The second-order valence-electron chi connectivity index (χ2n) is 15.3. The molecule has 0 bridgehead atoms. The first-order valence-corrected chi connectivity index (χ1v) is 19.8. The highest BCUT2D eigenvalue weighted by atomic mass is 16.3. The van der Waals surface area contributed by atoms with Crippen LogP contribution >= 0.6 is 0 Å². The molecule has 11 aromatic rings. The van der Waals surface area contributed by atoms with E-state index in [1.54, 1.807) is 0 Å². The topological polar surface area (TPSA) is 23.0 Å². The molecular formula is C54H36N2O. The highest BCUT2D eigenvalue weighted by Crippen LogP contribution is 2.43. The molecule has 268 valence electrons. The number of hydrogen-bond acceptors (Lipinski definition) is 1. The Morgan fingerprint density at radius 2 is 1.12 bits per heavy atom. The first-order chi connectivity index (χ1) is 28.3. The van der Waals surface area contributed by atoms with Crippen LogP contribution in [0.5, 0.6) is 0 Å². The molecule has 1 aliphatic carbocycles. The highest BCUT2D eigenvalue weighted by molar-refractivity contribution is 6.16. The Balaban J connectivity index is 1.07. The molecule has 1 atom stereocenters. The predicted octanol–water partition coefficient (Wildman–Crippen LogP) is 14.7. The van der Waals surface area contributed by atoms with Gasteiger partial charge in [-0.1, -0.05) is 140 Å². The van der Waals surface area contributed by atoms with Gasteiger partial charge < -0.3 is 13.6 Å². The Bertz CT molecular complexity index is 3440. The fourth-order valence-electron chi connectivity index (χ4n) is 9.37. The molecule has 0 amide bonds. The van der Waals surface area contributed by atoms with E-state index in [-0.39, 0.29) is 0 Å². The monoisotopic (exact) mass is 728 g/mol. The SMILES string of the molecule is C1=CCC(c2cccc(-n3c4ccccc4c4ccc(-c5ccc6c(c5)c5ccccc5n6-c5cc(-c6ccccc6)cc6oc7ccccc7c56)cc43)c2)C=C1. The average Bonchev–Trinajstić information content (AvgIpc) is 3.94. The van der Waals surface area contributed by atoms with E-state index in [0.29, 0.717) is 5.92 Å². The van der Waals surface area contributed by atoms with E-state index in [2.05, 4.69) is 203 Å². The van der Waals surface area contributed by atoms with E-state index >= 15 is 0 Å². The summed E-state index contributed by atoms with van der Waals surface area (Å²) in [6.45, 7) is 0. The quantitative estimate of drug-likeness (QED) is 0.173. The van der Waals surface area contributed by atoms with Crippen LogP contribution in [0.4, 0.5) is 0 Å². The number of hydrogen-bond donors (Lipinski definition) is 0. The van der Waals surface area contributed by atoms with Gasteiger partial charge in [-0.15, -0.1) is 0 Å². The minimum absolute atomic E-state index is 0.386. The number of benzene rings is 8. The summed E-state index contributed by atoms with van der Waals surface area (Å²) >= 11 is 0. The van der Waals surface area contributed by atoms with Gasteiger partial charge in [0.25, 0.3) is 0 Å². The minimum Gasteiger partial charge on any atom is -0.456 e. The van der Waals surface area contributed by atoms with Gasteiger partial charge in [0.2, 0.25) is 0 Å². The summed E-state index contributed by atoms with van der Waals surface area (Å²) in [6, 6.07) is 64.2. The van der Waals surface area contributed by atoms with Crippen LogP contribution in [0.15, 0.2) is 205 Å². The molecule has 0 fully saturated rings. The molecule has 3 aromatic heterocycles. The van der Waals surface area contributed by atoms with Gasteiger partial charge >= 0.3 is 0 Å². The van der Waals surface area contributed by atoms with Crippen LogP contribution in [0.25, 0.3) is 99.2 Å². The van der Waals surface area contributed by atoms with E-state index in [4.69, 9.17) is 4.42 Å². The van der Waals surface area contributed by atoms with Crippen molar-refractivity contribution < 1.29 is 4.42 Å². The highest BCUT2D eigenvalue weighted by Gasteiger charge is 2.21. The van der Waals surface area contributed by atoms with Crippen molar-refractivity contribution in [3.63, 3.8) is 0 Å². The molecule has 12 rings (SSSR count). The van der Waals surface area contributed by atoms with Crippen molar-refractivity contribution in [2.45, 2.75) is 12.3 Å². The zero-order chi connectivity index (χ0) is 37.5.